The van der Waals surface area contributed by atoms with Crippen molar-refractivity contribution in [3.8, 4) is 0 Å². The molecule has 4 amide bonds. The molecule has 0 aliphatic heterocycles. The predicted octanol–water partition coefficient (Wildman–Crippen LogP) is 4.36. The van der Waals surface area contributed by atoms with Crippen molar-refractivity contribution in [2.24, 2.45) is 0 Å². The Balaban J connectivity index is 2.82. The van der Waals surface area contributed by atoms with Gasteiger partial charge in [0.1, 0.15) is 0 Å². The number of hydrogen-bond acceptors (Lipinski definition) is 2. The fourth-order valence-corrected chi connectivity index (χ4v) is 2.85. The lowest BCUT2D eigenvalue weighted by Crippen LogP contribution is -2.48. The van der Waals surface area contributed by atoms with E-state index < -0.39 is 11.1 Å². The maximum absolute atomic E-state index is 12.2. The highest BCUT2D eigenvalue weighted by molar-refractivity contribution is 5.75. The maximum Gasteiger partial charge on any atom is 0.315 e. The van der Waals surface area contributed by atoms with Gasteiger partial charge in [0.05, 0.1) is 11.1 Å². The number of amides is 4. The number of nitrogens with one attached hydrogen (secondary N) is 4. The number of carbonyl (C=O) groups excluding carboxylic acids is 2. The minimum absolute atomic E-state index is 0.170. The van der Waals surface area contributed by atoms with Gasteiger partial charge >= 0.3 is 12.1 Å². The summed E-state index contributed by atoms with van der Waals surface area (Å²) in [5.41, 5.74) is 0.895. The number of urea groups is 2. The number of carbonyl (C=O) groups is 2. The van der Waals surface area contributed by atoms with Crippen LogP contribution >= 0.6 is 0 Å². The molecule has 1 aromatic rings. The molecule has 0 fully saturated rings. The second-order valence-electron chi connectivity index (χ2n) is 8.30. The van der Waals surface area contributed by atoms with Crippen LogP contribution in [0.4, 0.5) is 9.59 Å². The van der Waals surface area contributed by atoms with E-state index in [0.29, 0.717) is 13.1 Å². The molecule has 0 bridgehead atoms. The SMILES string of the molecule is CCCCNC(=O)NC(C)(C)c1cccc(C(C)(C)NC(=O)NCCCC)c1. The lowest BCUT2D eigenvalue weighted by atomic mass is 9.87. The molecule has 0 aromatic heterocycles. The summed E-state index contributed by atoms with van der Waals surface area (Å²) >= 11 is 0. The smallest absolute Gasteiger partial charge is 0.315 e. The Kier molecular flexibility index (Phi) is 9.29. The van der Waals surface area contributed by atoms with Crippen LogP contribution in [-0.2, 0) is 11.1 Å². The summed E-state index contributed by atoms with van der Waals surface area (Å²) in [6.07, 6.45) is 4.01. The summed E-state index contributed by atoms with van der Waals surface area (Å²) in [5.74, 6) is 0. The van der Waals surface area contributed by atoms with Gasteiger partial charge in [-0.15, -0.1) is 0 Å². The molecular weight excluding hydrogens is 352 g/mol. The van der Waals surface area contributed by atoms with Crippen molar-refractivity contribution in [1.29, 1.82) is 0 Å². The summed E-state index contributed by atoms with van der Waals surface area (Å²) in [7, 11) is 0. The highest BCUT2D eigenvalue weighted by Gasteiger charge is 2.27. The predicted molar refractivity (Wildman–Crippen MR) is 115 cm³/mol. The third-order valence-corrected chi connectivity index (χ3v) is 4.79. The van der Waals surface area contributed by atoms with E-state index in [1.807, 2.05) is 52.0 Å². The van der Waals surface area contributed by atoms with E-state index in [1.54, 1.807) is 0 Å². The minimum Gasteiger partial charge on any atom is -0.338 e. The molecular formula is C22H38N4O2. The highest BCUT2D eigenvalue weighted by Crippen LogP contribution is 2.26. The Bertz CT molecular complexity index is 590. The summed E-state index contributed by atoms with van der Waals surface area (Å²) in [4.78, 5) is 24.3. The average Bonchev–Trinajstić information content (AvgIpc) is 2.61. The van der Waals surface area contributed by atoms with Crippen molar-refractivity contribution in [1.82, 2.24) is 21.3 Å². The largest absolute Gasteiger partial charge is 0.338 e. The molecule has 0 spiro atoms. The Hall–Kier alpha value is -2.24. The first-order chi connectivity index (χ1) is 13.1. The average molecular weight is 391 g/mol. The first-order valence-electron chi connectivity index (χ1n) is 10.4. The van der Waals surface area contributed by atoms with E-state index in [-0.39, 0.29) is 12.1 Å². The first-order valence-corrected chi connectivity index (χ1v) is 10.4. The van der Waals surface area contributed by atoms with Crippen LogP contribution in [0.2, 0.25) is 0 Å². The standard InChI is InChI=1S/C22H38N4O2/c1-7-9-14-23-19(27)25-21(3,4)17-12-11-13-18(16-17)22(5,6)26-20(28)24-15-10-8-2/h11-13,16H,7-10,14-15H2,1-6H3,(H2,23,25,27)(H2,24,26,28). The van der Waals surface area contributed by atoms with E-state index in [1.165, 1.54) is 0 Å². The summed E-state index contributed by atoms with van der Waals surface area (Å²) < 4.78 is 0. The van der Waals surface area contributed by atoms with Crippen LogP contribution in [0.3, 0.4) is 0 Å². The molecule has 28 heavy (non-hydrogen) atoms. The zero-order valence-electron chi connectivity index (χ0n) is 18.4. The monoisotopic (exact) mass is 390 g/mol. The Morgan fingerprint density at radius 1 is 0.786 bits per heavy atom. The van der Waals surface area contributed by atoms with Gasteiger partial charge in [0.25, 0.3) is 0 Å². The highest BCUT2D eigenvalue weighted by atomic mass is 16.2. The number of hydrogen-bond donors (Lipinski definition) is 4. The molecule has 0 saturated heterocycles. The van der Waals surface area contributed by atoms with E-state index in [9.17, 15) is 9.59 Å². The van der Waals surface area contributed by atoms with Crippen LogP contribution < -0.4 is 21.3 Å². The van der Waals surface area contributed by atoms with Crippen LogP contribution in [-0.4, -0.2) is 25.2 Å². The Labute approximate surface area is 170 Å². The van der Waals surface area contributed by atoms with Crippen LogP contribution in [0.25, 0.3) is 0 Å². The molecule has 6 heteroatoms. The van der Waals surface area contributed by atoms with Crippen LogP contribution in [0, 0.1) is 0 Å². The number of benzene rings is 1. The number of unbranched alkanes of at least 4 members (excludes halogenated alkanes) is 2. The van der Waals surface area contributed by atoms with Gasteiger partial charge in [-0.05, 0) is 51.7 Å². The lowest BCUT2D eigenvalue weighted by molar-refractivity contribution is 0.229. The second-order valence-corrected chi connectivity index (χ2v) is 8.30. The van der Waals surface area contributed by atoms with Gasteiger partial charge in [-0.3, -0.25) is 0 Å². The molecule has 0 heterocycles. The van der Waals surface area contributed by atoms with E-state index in [2.05, 4.69) is 35.1 Å². The molecule has 6 nitrogen and oxygen atoms in total. The zero-order chi connectivity index (χ0) is 21.2. The summed E-state index contributed by atoms with van der Waals surface area (Å²) in [6.45, 7) is 13.4. The van der Waals surface area contributed by atoms with Crippen molar-refractivity contribution in [3.05, 3.63) is 35.4 Å². The zero-order valence-corrected chi connectivity index (χ0v) is 18.4. The van der Waals surface area contributed by atoms with E-state index in [4.69, 9.17) is 0 Å². The molecule has 4 N–H and O–H groups in total. The lowest BCUT2D eigenvalue weighted by Gasteiger charge is -2.31. The molecule has 0 atom stereocenters. The second kappa shape index (κ2) is 10.9. The van der Waals surface area contributed by atoms with Crippen molar-refractivity contribution in [2.45, 2.75) is 78.3 Å². The molecule has 158 valence electrons. The third-order valence-electron chi connectivity index (χ3n) is 4.79. The molecule has 0 saturated carbocycles. The fourth-order valence-electron chi connectivity index (χ4n) is 2.85. The van der Waals surface area contributed by atoms with Crippen molar-refractivity contribution in [3.63, 3.8) is 0 Å². The van der Waals surface area contributed by atoms with Crippen LogP contribution in [0.15, 0.2) is 24.3 Å². The molecule has 0 aliphatic carbocycles. The molecule has 1 rings (SSSR count). The quantitative estimate of drug-likeness (QED) is 0.448. The van der Waals surface area contributed by atoms with Gasteiger partial charge in [0.15, 0.2) is 0 Å². The first kappa shape index (κ1) is 23.8. The molecule has 0 aliphatic rings. The maximum atomic E-state index is 12.2. The summed E-state index contributed by atoms with van der Waals surface area (Å²) in [5, 5.41) is 11.8. The van der Waals surface area contributed by atoms with E-state index in [0.717, 1.165) is 36.8 Å². The Morgan fingerprint density at radius 3 is 1.54 bits per heavy atom. The van der Waals surface area contributed by atoms with Gasteiger partial charge in [-0.1, -0.05) is 51.0 Å². The van der Waals surface area contributed by atoms with Gasteiger partial charge in [0, 0.05) is 13.1 Å². The fraction of sp³-hybridized carbons (Fsp3) is 0.636. The summed E-state index contributed by atoms with van der Waals surface area (Å²) in [6, 6.07) is 7.65. The Morgan fingerprint density at radius 2 is 1.18 bits per heavy atom. The third kappa shape index (κ3) is 7.79. The molecule has 0 radical (unpaired) electrons. The van der Waals surface area contributed by atoms with Gasteiger partial charge in [-0.2, -0.15) is 0 Å². The van der Waals surface area contributed by atoms with Crippen molar-refractivity contribution in [2.75, 3.05) is 13.1 Å². The van der Waals surface area contributed by atoms with Gasteiger partial charge in [-0.25, -0.2) is 9.59 Å². The van der Waals surface area contributed by atoms with Gasteiger partial charge in [0.2, 0.25) is 0 Å². The number of rotatable bonds is 10. The van der Waals surface area contributed by atoms with Crippen LogP contribution in [0.5, 0.6) is 0 Å². The topological polar surface area (TPSA) is 82.3 Å². The normalized spacial score (nSPS) is 11.6. The van der Waals surface area contributed by atoms with Gasteiger partial charge < -0.3 is 21.3 Å². The van der Waals surface area contributed by atoms with E-state index >= 15 is 0 Å². The van der Waals surface area contributed by atoms with Crippen molar-refractivity contribution < 1.29 is 9.59 Å². The molecule has 1 aromatic carbocycles. The van der Waals surface area contributed by atoms with Crippen LogP contribution in [0.1, 0.15) is 78.4 Å². The van der Waals surface area contributed by atoms with Crippen molar-refractivity contribution >= 4 is 12.1 Å². The molecule has 0 unspecified atom stereocenters. The minimum atomic E-state index is -0.536.